The molecule has 2 N–H and O–H groups in total. The van der Waals surface area contributed by atoms with Gasteiger partial charge in [-0.05, 0) is 49.4 Å². The van der Waals surface area contributed by atoms with Crippen LogP contribution in [0.15, 0.2) is 59.6 Å². The van der Waals surface area contributed by atoms with E-state index in [1.54, 1.807) is 0 Å². The topological polar surface area (TPSA) is 56.7 Å². The maximum atomic E-state index is 13.3. The van der Waals surface area contributed by atoms with E-state index in [1.807, 2.05) is 35.2 Å². The van der Waals surface area contributed by atoms with Crippen LogP contribution < -0.4 is 10.6 Å². The average Bonchev–Trinajstić information content (AvgIpc) is 3.51. The molecule has 6 heteroatoms. The first-order chi connectivity index (χ1) is 15.6. The summed E-state index contributed by atoms with van der Waals surface area (Å²) in [5.41, 5.74) is 2.46. The largest absolute Gasteiger partial charge is 0.357 e. The van der Waals surface area contributed by atoms with E-state index >= 15 is 0 Å². The Morgan fingerprint density at radius 1 is 1.12 bits per heavy atom. The number of amides is 1. The summed E-state index contributed by atoms with van der Waals surface area (Å²) in [5, 5.41) is 6.76. The van der Waals surface area contributed by atoms with Gasteiger partial charge in [0.05, 0.1) is 6.54 Å². The highest BCUT2D eigenvalue weighted by molar-refractivity contribution is 5.81. The van der Waals surface area contributed by atoms with Crippen LogP contribution in [0.3, 0.4) is 0 Å². The van der Waals surface area contributed by atoms with E-state index in [0.29, 0.717) is 13.0 Å². The van der Waals surface area contributed by atoms with Gasteiger partial charge in [0.25, 0.3) is 0 Å². The number of aliphatic imine (C=N–C) groups is 1. The molecule has 32 heavy (non-hydrogen) atoms. The van der Waals surface area contributed by atoms with Crippen molar-refractivity contribution in [1.29, 1.82) is 0 Å². The molecule has 1 atom stereocenters. The third-order valence-corrected chi connectivity index (χ3v) is 6.56. The zero-order valence-corrected chi connectivity index (χ0v) is 18.8. The number of nitrogens with one attached hydrogen (secondary N) is 2. The number of rotatable bonds is 9. The van der Waals surface area contributed by atoms with Crippen molar-refractivity contribution in [3.05, 3.63) is 71.5 Å². The Morgan fingerprint density at radius 3 is 2.56 bits per heavy atom. The molecule has 2 aromatic carbocycles. The molecule has 1 amide bonds. The Bertz CT molecular complexity index is 925. The normalized spacial score (nSPS) is 19.8. The van der Waals surface area contributed by atoms with Gasteiger partial charge in [0.1, 0.15) is 5.82 Å². The molecule has 2 aromatic rings. The first-order valence-electron chi connectivity index (χ1n) is 11.7. The number of hydrogen-bond donors (Lipinski definition) is 2. The lowest BCUT2D eigenvalue weighted by Crippen LogP contribution is -2.40. The molecule has 170 valence electrons. The van der Waals surface area contributed by atoms with Crippen molar-refractivity contribution >= 4 is 11.9 Å². The fraction of sp³-hybridized carbons (Fsp3) is 0.462. The van der Waals surface area contributed by atoms with E-state index in [2.05, 4.69) is 29.7 Å². The lowest BCUT2D eigenvalue weighted by molar-refractivity contribution is -0.127. The number of hydrogen-bond acceptors (Lipinski definition) is 2. The lowest BCUT2D eigenvalue weighted by atomic mass is 9.96. The van der Waals surface area contributed by atoms with Crippen molar-refractivity contribution in [2.24, 2.45) is 10.9 Å². The average molecular weight is 437 g/mol. The quantitative estimate of drug-likeness (QED) is 0.467. The predicted molar refractivity (Wildman–Crippen MR) is 126 cm³/mol. The molecule has 1 heterocycles. The molecule has 5 nitrogen and oxygen atoms in total. The van der Waals surface area contributed by atoms with Gasteiger partial charge in [-0.2, -0.15) is 0 Å². The van der Waals surface area contributed by atoms with Crippen LogP contribution in [0.25, 0.3) is 0 Å². The van der Waals surface area contributed by atoms with E-state index in [1.165, 1.54) is 17.7 Å². The molecule has 0 radical (unpaired) electrons. The summed E-state index contributed by atoms with van der Waals surface area (Å²) in [4.78, 5) is 19.3. The van der Waals surface area contributed by atoms with Crippen LogP contribution >= 0.6 is 0 Å². The van der Waals surface area contributed by atoms with E-state index in [9.17, 15) is 9.18 Å². The summed E-state index contributed by atoms with van der Waals surface area (Å²) in [7, 11) is 0. The van der Waals surface area contributed by atoms with Gasteiger partial charge in [-0.1, -0.05) is 42.5 Å². The fourth-order valence-electron chi connectivity index (χ4n) is 4.42. The first-order valence-corrected chi connectivity index (χ1v) is 11.7. The molecule has 1 saturated carbocycles. The zero-order chi connectivity index (χ0) is 22.4. The lowest BCUT2D eigenvalue weighted by Gasteiger charge is -2.19. The number of carbonyl (C=O) groups excluding carboxylic acids is 1. The minimum absolute atomic E-state index is 0.0353. The van der Waals surface area contributed by atoms with Gasteiger partial charge in [-0.25, -0.2) is 4.39 Å². The van der Waals surface area contributed by atoms with E-state index in [4.69, 9.17) is 4.99 Å². The molecule has 1 aliphatic heterocycles. The molecular weight excluding hydrogens is 403 g/mol. The minimum Gasteiger partial charge on any atom is -0.357 e. The van der Waals surface area contributed by atoms with Crippen molar-refractivity contribution in [2.45, 2.75) is 38.0 Å². The molecule has 1 saturated heterocycles. The van der Waals surface area contributed by atoms with E-state index in [0.717, 1.165) is 57.0 Å². The molecular formula is C26H33FN4O. The van der Waals surface area contributed by atoms with Crippen molar-refractivity contribution in [2.75, 3.05) is 32.7 Å². The SMILES string of the molecule is CCNC(=NCC1(c2ccc(F)cc2)CC1)NCC1CC(=O)N(CCc2ccccc2)C1. The number of nitrogens with zero attached hydrogens (tertiary/aromatic N) is 2. The van der Waals surface area contributed by atoms with Crippen LogP contribution in [-0.2, 0) is 16.6 Å². The number of benzene rings is 2. The maximum absolute atomic E-state index is 13.3. The highest BCUT2D eigenvalue weighted by Crippen LogP contribution is 2.48. The number of guanidine groups is 1. The Kier molecular flexibility index (Phi) is 7.08. The summed E-state index contributed by atoms with van der Waals surface area (Å²) >= 11 is 0. The summed E-state index contributed by atoms with van der Waals surface area (Å²) < 4.78 is 13.3. The van der Waals surface area contributed by atoms with Crippen LogP contribution in [-0.4, -0.2) is 49.5 Å². The van der Waals surface area contributed by atoms with Gasteiger partial charge in [-0.15, -0.1) is 0 Å². The second-order valence-electron chi connectivity index (χ2n) is 9.01. The Labute approximate surface area is 190 Å². The molecule has 2 aliphatic rings. The Morgan fingerprint density at radius 2 is 1.88 bits per heavy atom. The van der Waals surface area contributed by atoms with Crippen LogP contribution in [0.2, 0.25) is 0 Å². The molecule has 0 spiro atoms. The minimum atomic E-state index is -0.202. The highest BCUT2D eigenvalue weighted by Gasteiger charge is 2.44. The maximum Gasteiger partial charge on any atom is 0.223 e. The third kappa shape index (κ3) is 5.67. The Hall–Kier alpha value is -2.89. The van der Waals surface area contributed by atoms with Gasteiger partial charge >= 0.3 is 0 Å². The summed E-state index contributed by atoms with van der Waals surface area (Å²) in [6.45, 7) is 5.80. The molecule has 4 rings (SSSR count). The van der Waals surface area contributed by atoms with Crippen molar-refractivity contribution in [3.63, 3.8) is 0 Å². The van der Waals surface area contributed by atoms with Crippen molar-refractivity contribution in [1.82, 2.24) is 15.5 Å². The molecule has 1 aliphatic carbocycles. The number of halogens is 1. The first kappa shape index (κ1) is 22.3. The zero-order valence-electron chi connectivity index (χ0n) is 18.8. The standard InChI is InChI=1S/C26H33FN4O/c1-2-28-25(30-19-26(13-14-26)22-8-10-23(27)11-9-22)29-17-21-16-24(32)31(18-21)15-12-20-6-4-3-5-7-20/h3-11,21H,2,12-19H2,1H3,(H2,28,29,30). The predicted octanol–water partition coefficient (Wildman–Crippen LogP) is 3.50. The second-order valence-corrected chi connectivity index (χ2v) is 9.01. The van der Waals surface area contributed by atoms with Gasteiger partial charge in [0.2, 0.25) is 5.91 Å². The smallest absolute Gasteiger partial charge is 0.223 e. The van der Waals surface area contributed by atoms with Gasteiger partial charge in [0.15, 0.2) is 5.96 Å². The molecule has 0 bridgehead atoms. The highest BCUT2D eigenvalue weighted by atomic mass is 19.1. The molecule has 0 aromatic heterocycles. The summed E-state index contributed by atoms with van der Waals surface area (Å²) in [6.07, 6.45) is 3.63. The number of likely N-dealkylation sites (tertiary alicyclic amines) is 1. The van der Waals surface area contributed by atoms with Crippen LogP contribution in [0, 0.1) is 11.7 Å². The monoisotopic (exact) mass is 436 g/mol. The van der Waals surface area contributed by atoms with Crippen LogP contribution in [0.4, 0.5) is 4.39 Å². The van der Waals surface area contributed by atoms with Gasteiger partial charge in [0, 0.05) is 43.9 Å². The molecule has 1 unspecified atom stereocenters. The van der Waals surface area contributed by atoms with Crippen LogP contribution in [0.1, 0.15) is 37.3 Å². The fourth-order valence-corrected chi connectivity index (χ4v) is 4.42. The Balaban J connectivity index is 1.28. The van der Waals surface area contributed by atoms with Gasteiger partial charge in [-0.3, -0.25) is 9.79 Å². The summed E-state index contributed by atoms with van der Waals surface area (Å²) in [6, 6.07) is 17.1. The van der Waals surface area contributed by atoms with Crippen molar-refractivity contribution < 1.29 is 9.18 Å². The second kappa shape index (κ2) is 10.2. The molecule has 2 fully saturated rings. The van der Waals surface area contributed by atoms with Crippen LogP contribution in [0.5, 0.6) is 0 Å². The number of carbonyl (C=O) groups is 1. The summed E-state index contributed by atoms with van der Waals surface area (Å²) in [5.74, 6) is 1.11. The van der Waals surface area contributed by atoms with Crippen molar-refractivity contribution in [3.8, 4) is 0 Å². The van der Waals surface area contributed by atoms with Gasteiger partial charge < -0.3 is 15.5 Å². The third-order valence-electron chi connectivity index (χ3n) is 6.56. The van der Waals surface area contributed by atoms with E-state index in [-0.39, 0.29) is 23.1 Å². The van der Waals surface area contributed by atoms with E-state index < -0.39 is 0 Å².